The van der Waals surface area contributed by atoms with Crippen molar-refractivity contribution in [1.82, 2.24) is 10.2 Å². The average molecular weight is 381 g/mol. The van der Waals surface area contributed by atoms with Crippen molar-refractivity contribution in [2.24, 2.45) is 0 Å². The Balaban J connectivity index is 1.68. The van der Waals surface area contributed by atoms with Crippen molar-refractivity contribution in [3.05, 3.63) is 59.7 Å². The highest BCUT2D eigenvalue weighted by atomic mass is 16.5. The first-order valence-electron chi connectivity index (χ1n) is 9.07. The lowest BCUT2D eigenvalue weighted by molar-refractivity contribution is -0.133. The fourth-order valence-electron chi connectivity index (χ4n) is 3.07. The molecule has 146 valence electrons. The fourth-order valence-corrected chi connectivity index (χ4v) is 3.07. The molecule has 4 amide bonds. The summed E-state index contributed by atoms with van der Waals surface area (Å²) in [6.07, 6.45) is 0. The molecule has 0 aliphatic carbocycles. The molecular weight excluding hydrogens is 358 g/mol. The van der Waals surface area contributed by atoms with Crippen LogP contribution < -0.4 is 15.4 Å². The first kappa shape index (κ1) is 19.4. The minimum Gasteiger partial charge on any atom is -0.494 e. The topological polar surface area (TPSA) is 87.7 Å². The normalized spacial score (nSPS) is 18.8. The van der Waals surface area contributed by atoms with Gasteiger partial charge in [0, 0.05) is 5.69 Å². The minimum absolute atomic E-state index is 0.362. The Kier molecular flexibility index (Phi) is 5.35. The summed E-state index contributed by atoms with van der Waals surface area (Å²) in [4.78, 5) is 38.5. The van der Waals surface area contributed by atoms with Crippen LogP contribution in [0.2, 0.25) is 0 Å². The number of benzene rings is 2. The van der Waals surface area contributed by atoms with Crippen LogP contribution in [0.1, 0.15) is 25.0 Å². The van der Waals surface area contributed by atoms with E-state index in [1.807, 2.05) is 26.0 Å². The van der Waals surface area contributed by atoms with Crippen molar-refractivity contribution < 1.29 is 19.1 Å². The second-order valence-electron chi connectivity index (χ2n) is 6.82. The van der Waals surface area contributed by atoms with Crippen molar-refractivity contribution in [3.8, 4) is 5.75 Å². The molecule has 0 radical (unpaired) electrons. The van der Waals surface area contributed by atoms with Gasteiger partial charge in [-0.15, -0.1) is 0 Å². The molecule has 1 saturated heterocycles. The molecule has 1 atom stereocenters. The van der Waals surface area contributed by atoms with Gasteiger partial charge in [0.15, 0.2) is 0 Å². The summed E-state index contributed by atoms with van der Waals surface area (Å²) in [7, 11) is 0. The highest BCUT2D eigenvalue weighted by Crippen LogP contribution is 2.29. The molecule has 1 aliphatic heterocycles. The Labute approximate surface area is 163 Å². The number of amides is 4. The smallest absolute Gasteiger partial charge is 0.325 e. The van der Waals surface area contributed by atoms with Crippen molar-refractivity contribution >= 4 is 23.5 Å². The number of imide groups is 1. The van der Waals surface area contributed by atoms with Crippen molar-refractivity contribution in [2.45, 2.75) is 26.3 Å². The Hall–Kier alpha value is -3.35. The first-order chi connectivity index (χ1) is 13.3. The third-order valence-electron chi connectivity index (χ3n) is 4.65. The molecule has 0 unspecified atom stereocenters. The van der Waals surface area contributed by atoms with Crippen molar-refractivity contribution in [2.75, 3.05) is 18.5 Å². The predicted molar refractivity (Wildman–Crippen MR) is 105 cm³/mol. The van der Waals surface area contributed by atoms with Gasteiger partial charge in [-0.25, -0.2) is 4.79 Å². The molecule has 1 fully saturated rings. The molecule has 7 nitrogen and oxygen atoms in total. The molecule has 28 heavy (non-hydrogen) atoms. The van der Waals surface area contributed by atoms with Crippen LogP contribution in [0.4, 0.5) is 10.5 Å². The van der Waals surface area contributed by atoms with E-state index in [0.717, 1.165) is 10.5 Å². The van der Waals surface area contributed by atoms with Crippen molar-refractivity contribution in [3.63, 3.8) is 0 Å². The molecular formula is C21H23N3O4. The minimum atomic E-state index is -1.19. The van der Waals surface area contributed by atoms with Crippen LogP contribution in [0.3, 0.4) is 0 Å². The number of ether oxygens (including phenoxy) is 1. The number of anilines is 1. The van der Waals surface area contributed by atoms with E-state index >= 15 is 0 Å². The molecule has 3 rings (SSSR count). The van der Waals surface area contributed by atoms with Crippen LogP contribution in [-0.4, -0.2) is 35.9 Å². The Bertz CT molecular complexity index is 893. The van der Waals surface area contributed by atoms with Gasteiger partial charge in [0.25, 0.3) is 5.91 Å². The maximum atomic E-state index is 12.9. The second-order valence-corrected chi connectivity index (χ2v) is 6.82. The van der Waals surface area contributed by atoms with Gasteiger partial charge in [-0.2, -0.15) is 0 Å². The number of nitrogens with zero attached hydrogens (tertiary/aromatic N) is 1. The maximum Gasteiger partial charge on any atom is 0.325 e. The van der Waals surface area contributed by atoms with E-state index in [9.17, 15) is 14.4 Å². The van der Waals surface area contributed by atoms with E-state index in [0.29, 0.717) is 23.6 Å². The van der Waals surface area contributed by atoms with E-state index in [1.165, 1.54) is 0 Å². The number of carbonyl (C=O) groups excluding carboxylic acids is 3. The lowest BCUT2D eigenvalue weighted by Crippen LogP contribution is -2.42. The summed E-state index contributed by atoms with van der Waals surface area (Å²) in [6, 6.07) is 13.6. The maximum absolute atomic E-state index is 12.9. The van der Waals surface area contributed by atoms with Crippen LogP contribution in [-0.2, 0) is 15.1 Å². The predicted octanol–water partition coefficient (Wildman–Crippen LogP) is 2.80. The Morgan fingerprint density at radius 2 is 1.75 bits per heavy atom. The van der Waals surface area contributed by atoms with Gasteiger partial charge in [-0.1, -0.05) is 29.8 Å². The molecule has 0 spiro atoms. The van der Waals surface area contributed by atoms with Crippen molar-refractivity contribution in [1.29, 1.82) is 0 Å². The van der Waals surface area contributed by atoms with E-state index in [1.54, 1.807) is 43.3 Å². The molecule has 2 aromatic rings. The molecule has 0 aromatic heterocycles. The van der Waals surface area contributed by atoms with Crippen LogP contribution in [0.5, 0.6) is 5.75 Å². The van der Waals surface area contributed by atoms with Gasteiger partial charge >= 0.3 is 6.03 Å². The summed E-state index contributed by atoms with van der Waals surface area (Å²) in [5, 5.41) is 5.38. The van der Waals surface area contributed by atoms with Crippen LogP contribution >= 0.6 is 0 Å². The van der Waals surface area contributed by atoms with E-state index in [-0.39, 0.29) is 6.54 Å². The largest absolute Gasteiger partial charge is 0.494 e. The number of hydrogen-bond acceptors (Lipinski definition) is 4. The number of nitrogens with one attached hydrogen (secondary N) is 2. The Morgan fingerprint density at radius 3 is 2.36 bits per heavy atom. The van der Waals surface area contributed by atoms with Crippen LogP contribution in [0, 0.1) is 6.92 Å². The van der Waals surface area contributed by atoms with E-state index in [4.69, 9.17) is 4.74 Å². The second kappa shape index (κ2) is 7.72. The summed E-state index contributed by atoms with van der Waals surface area (Å²) < 4.78 is 5.36. The Morgan fingerprint density at radius 1 is 1.11 bits per heavy atom. The summed E-state index contributed by atoms with van der Waals surface area (Å²) >= 11 is 0. The SMILES string of the molecule is CCOc1ccc(NC(=O)CN2C(=O)N[C@@](C)(c3ccc(C)cc3)C2=O)cc1. The summed E-state index contributed by atoms with van der Waals surface area (Å²) in [5.41, 5.74) is 1.09. The molecule has 2 N–H and O–H groups in total. The summed E-state index contributed by atoms with van der Waals surface area (Å²) in [5.74, 6) is -0.215. The molecule has 1 heterocycles. The van der Waals surface area contributed by atoms with E-state index in [2.05, 4.69) is 10.6 Å². The number of urea groups is 1. The quantitative estimate of drug-likeness (QED) is 0.753. The monoisotopic (exact) mass is 381 g/mol. The number of hydrogen-bond donors (Lipinski definition) is 2. The average Bonchev–Trinajstić information content (AvgIpc) is 2.88. The number of carbonyl (C=O) groups is 3. The lowest BCUT2D eigenvalue weighted by atomic mass is 9.91. The molecule has 7 heteroatoms. The summed E-state index contributed by atoms with van der Waals surface area (Å²) in [6.45, 7) is 5.66. The number of aryl methyl sites for hydroxylation is 1. The first-order valence-corrected chi connectivity index (χ1v) is 9.07. The van der Waals surface area contributed by atoms with Gasteiger partial charge in [0.1, 0.15) is 17.8 Å². The molecule has 1 aliphatic rings. The zero-order chi connectivity index (χ0) is 20.3. The van der Waals surface area contributed by atoms with Crippen LogP contribution in [0.25, 0.3) is 0 Å². The van der Waals surface area contributed by atoms with Gasteiger partial charge in [0.2, 0.25) is 5.91 Å². The zero-order valence-corrected chi connectivity index (χ0v) is 16.1. The van der Waals surface area contributed by atoms with Gasteiger partial charge in [0.05, 0.1) is 6.61 Å². The standard InChI is InChI=1S/C21H23N3O4/c1-4-28-17-11-9-16(10-12-17)22-18(25)13-24-19(26)21(3,23-20(24)27)15-7-5-14(2)6-8-15/h5-12H,4,13H2,1-3H3,(H,22,25)(H,23,27)/t21-/m0/s1. The van der Waals surface area contributed by atoms with E-state index < -0.39 is 23.4 Å². The van der Waals surface area contributed by atoms with Gasteiger partial charge < -0.3 is 15.4 Å². The third-order valence-corrected chi connectivity index (χ3v) is 4.65. The molecule has 0 saturated carbocycles. The fraction of sp³-hybridized carbons (Fsp3) is 0.286. The third kappa shape index (κ3) is 3.83. The van der Waals surface area contributed by atoms with Crippen LogP contribution in [0.15, 0.2) is 48.5 Å². The van der Waals surface area contributed by atoms with Gasteiger partial charge in [-0.3, -0.25) is 14.5 Å². The lowest BCUT2D eigenvalue weighted by Gasteiger charge is -2.22. The number of rotatable bonds is 6. The zero-order valence-electron chi connectivity index (χ0n) is 16.1. The molecule has 0 bridgehead atoms. The highest BCUT2D eigenvalue weighted by Gasteiger charge is 2.49. The van der Waals surface area contributed by atoms with Gasteiger partial charge in [-0.05, 0) is 50.6 Å². The molecule has 2 aromatic carbocycles. The highest BCUT2D eigenvalue weighted by molar-refractivity contribution is 6.10.